The van der Waals surface area contributed by atoms with Crippen LogP contribution in [0.1, 0.15) is 54.7 Å². The van der Waals surface area contributed by atoms with Crippen molar-refractivity contribution in [2.24, 2.45) is 0 Å². The average molecular weight is 287 g/mol. The molecule has 0 saturated heterocycles. The van der Waals surface area contributed by atoms with Gasteiger partial charge in [-0.15, -0.1) is 0 Å². The molecule has 0 aliphatic heterocycles. The lowest BCUT2D eigenvalue weighted by Gasteiger charge is -1.98. The van der Waals surface area contributed by atoms with Gasteiger partial charge < -0.3 is 0 Å². The first-order valence-corrected chi connectivity index (χ1v) is 7.48. The average Bonchev–Trinajstić information content (AvgIpc) is 2.42. The van der Waals surface area contributed by atoms with Gasteiger partial charge >= 0.3 is 0 Å². The minimum atomic E-state index is 0. The van der Waals surface area contributed by atoms with Gasteiger partial charge in [0.1, 0.15) is 0 Å². The Balaban J connectivity index is 0. The smallest absolute Gasteiger partial charge is 0.0395 e. The maximum atomic E-state index is 2.20. The zero-order valence-corrected chi connectivity index (χ0v) is 14.5. The molecule has 2 aromatic rings. The number of hydrogen-bond donors (Lipinski definition) is 0. The van der Waals surface area contributed by atoms with Crippen molar-refractivity contribution in [2.45, 2.75) is 62.8 Å². The second-order valence-corrected chi connectivity index (χ2v) is 5.18. The molecule has 0 unspecified atom stereocenters. The van der Waals surface area contributed by atoms with Crippen molar-refractivity contribution in [2.75, 3.05) is 0 Å². The summed E-state index contributed by atoms with van der Waals surface area (Å²) in [5, 5.41) is 0. The Morgan fingerprint density at radius 2 is 0.762 bits per heavy atom. The summed E-state index contributed by atoms with van der Waals surface area (Å²) in [7, 11) is 0. The summed E-state index contributed by atoms with van der Waals surface area (Å²) in [4.78, 5) is 0. The van der Waals surface area contributed by atoms with Crippen LogP contribution in [-0.2, 0) is 0 Å². The Labute approximate surface area is 133 Å². The van der Waals surface area contributed by atoms with Gasteiger partial charge in [0.05, 0.1) is 0 Å². The minimum absolute atomic E-state index is 0. The van der Waals surface area contributed by atoms with E-state index >= 15 is 0 Å². The molecule has 0 heteroatoms. The van der Waals surface area contributed by atoms with E-state index < -0.39 is 0 Å². The zero-order valence-electron chi connectivity index (χ0n) is 14.5. The summed E-state index contributed by atoms with van der Waals surface area (Å²) < 4.78 is 0. The zero-order chi connectivity index (χ0) is 15.7. The van der Waals surface area contributed by atoms with Crippen molar-refractivity contribution >= 4 is 0 Å². The predicted molar refractivity (Wildman–Crippen MR) is 99.4 cm³/mol. The molecule has 0 N–H and O–H groups in total. The molecular formula is C21H34. The van der Waals surface area contributed by atoms with Crippen molar-refractivity contribution in [3.8, 4) is 0 Å². The van der Waals surface area contributed by atoms with Crippen molar-refractivity contribution in [1.29, 1.82) is 0 Å². The van der Waals surface area contributed by atoms with Gasteiger partial charge in [0.15, 0.2) is 0 Å². The molecule has 21 heavy (non-hydrogen) atoms. The van der Waals surface area contributed by atoms with E-state index in [0.29, 0.717) is 0 Å². The van der Waals surface area contributed by atoms with E-state index in [0.717, 1.165) is 0 Å². The van der Waals surface area contributed by atoms with E-state index in [4.69, 9.17) is 0 Å². The van der Waals surface area contributed by atoms with Crippen LogP contribution in [0.2, 0.25) is 0 Å². The van der Waals surface area contributed by atoms with Crippen molar-refractivity contribution < 1.29 is 0 Å². The molecule has 0 saturated carbocycles. The molecule has 0 nitrogen and oxygen atoms in total. The highest BCUT2D eigenvalue weighted by molar-refractivity contribution is 5.29. The molecule has 0 amide bonds. The van der Waals surface area contributed by atoms with Crippen LogP contribution in [0, 0.1) is 41.5 Å². The molecule has 0 aromatic heterocycles. The molecule has 0 fully saturated rings. The predicted octanol–water partition coefficient (Wildman–Crippen LogP) is 6.89. The molecule has 2 rings (SSSR count). The van der Waals surface area contributed by atoms with Crippen LogP contribution < -0.4 is 0 Å². The number of rotatable bonds is 0. The van der Waals surface area contributed by atoms with Gasteiger partial charge in [-0.25, -0.2) is 0 Å². The van der Waals surface area contributed by atoms with Gasteiger partial charge in [-0.1, -0.05) is 68.8 Å². The maximum Gasteiger partial charge on any atom is -0.0395 e. The topological polar surface area (TPSA) is 0 Å². The van der Waals surface area contributed by atoms with Gasteiger partial charge in [-0.2, -0.15) is 0 Å². The fourth-order valence-electron chi connectivity index (χ4n) is 1.78. The third-order valence-electron chi connectivity index (χ3n) is 3.32. The number of hydrogen-bond acceptors (Lipinski definition) is 0. The summed E-state index contributed by atoms with van der Waals surface area (Å²) in [5.41, 5.74) is 8.21. The first kappa shape index (κ1) is 21.7. The molecule has 0 atom stereocenters. The molecule has 2 aromatic carbocycles. The number of benzene rings is 2. The minimum Gasteiger partial charge on any atom is -0.0776 e. The standard InChI is InChI=1S/2C9H12.C2H6.CH4/c2*1-7-4-5-8(2)9(3)6-7;1-2;/h2*4-6H,1-3H3;1-2H3;1H4. The largest absolute Gasteiger partial charge is 0.0776 e. The Bertz CT molecular complexity index is 472. The highest BCUT2D eigenvalue weighted by Crippen LogP contribution is 2.08. The van der Waals surface area contributed by atoms with Crippen LogP contribution >= 0.6 is 0 Å². The summed E-state index contributed by atoms with van der Waals surface area (Å²) in [6, 6.07) is 13.0. The van der Waals surface area contributed by atoms with Gasteiger partial charge in [0.2, 0.25) is 0 Å². The number of aryl methyl sites for hydroxylation is 6. The highest BCUT2D eigenvalue weighted by atomic mass is 14.0. The van der Waals surface area contributed by atoms with Crippen LogP contribution in [-0.4, -0.2) is 0 Å². The van der Waals surface area contributed by atoms with E-state index in [1.54, 1.807) is 0 Å². The van der Waals surface area contributed by atoms with E-state index in [9.17, 15) is 0 Å². The van der Waals surface area contributed by atoms with Gasteiger partial charge in [-0.05, 0) is 63.8 Å². The van der Waals surface area contributed by atoms with E-state index in [1.165, 1.54) is 33.4 Å². The summed E-state index contributed by atoms with van der Waals surface area (Å²) in [5.74, 6) is 0. The van der Waals surface area contributed by atoms with Crippen LogP contribution in [0.3, 0.4) is 0 Å². The van der Waals surface area contributed by atoms with Crippen LogP contribution in [0.4, 0.5) is 0 Å². The third kappa shape index (κ3) is 8.34. The van der Waals surface area contributed by atoms with E-state index in [1.807, 2.05) is 13.8 Å². The lowest BCUT2D eigenvalue weighted by Crippen LogP contribution is -1.79. The molecule has 0 aliphatic carbocycles. The van der Waals surface area contributed by atoms with Crippen LogP contribution in [0.15, 0.2) is 36.4 Å². The molecule has 0 radical (unpaired) electrons. The Morgan fingerprint density at radius 1 is 0.476 bits per heavy atom. The van der Waals surface area contributed by atoms with Gasteiger partial charge in [0, 0.05) is 0 Å². The molecule has 0 aliphatic rings. The first-order chi connectivity index (χ1) is 9.40. The van der Waals surface area contributed by atoms with Crippen molar-refractivity contribution in [3.63, 3.8) is 0 Å². The quantitative estimate of drug-likeness (QED) is 0.495. The summed E-state index contributed by atoms with van der Waals surface area (Å²) >= 11 is 0. The second kappa shape index (κ2) is 11.1. The van der Waals surface area contributed by atoms with Crippen molar-refractivity contribution in [3.05, 3.63) is 69.8 Å². The summed E-state index contributed by atoms with van der Waals surface area (Å²) in [6.07, 6.45) is 0. The normalized spacial score (nSPS) is 8.57. The molecule has 118 valence electrons. The molecule has 0 heterocycles. The maximum absolute atomic E-state index is 2.20. The Hall–Kier alpha value is -1.56. The SMILES string of the molecule is C.CC.Cc1ccc(C)c(C)c1.Cc1ccc(C)c(C)c1. The van der Waals surface area contributed by atoms with Gasteiger partial charge in [-0.3, -0.25) is 0 Å². The van der Waals surface area contributed by atoms with Gasteiger partial charge in [0.25, 0.3) is 0 Å². The summed E-state index contributed by atoms with van der Waals surface area (Å²) in [6.45, 7) is 16.8. The van der Waals surface area contributed by atoms with Crippen LogP contribution in [0.5, 0.6) is 0 Å². The Morgan fingerprint density at radius 3 is 0.952 bits per heavy atom. The third-order valence-corrected chi connectivity index (χ3v) is 3.32. The lowest BCUT2D eigenvalue weighted by molar-refractivity contribution is 1.30. The molecule has 0 spiro atoms. The lowest BCUT2D eigenvalue weighted by atomic mass is 10.1. The first-order valence-electron chi connectivity index (χ1n) is 7.48. The van der Waals surface area contributed by atoms with Crippen molar-refractivity contribution in [1.82, 2.24) is 0 Å². The second-order valence-electron chi connectivity index (χ2n) is 5.18. The fourth-order valence-corrected chi connectivity index (χ4v) is 1.78. The monoisotopic (exact) mass is 286 g/mol. The molecular weight excluding hydrogens is 252 g/mol. The Kier molecular flexibility index (Phi) is 11.5. The van der Waals surface area contributed by atoms with E-state index in [-0.39, 0.29) is 7.43 Å². The van der Waals surface area contributed by atoms with Crippen LogP contribution in [0.25, 0.3) is 0 Å². The van der Waals surface area contributed by atoms with E-state index in [2.05, 4.69) is 77.9 Å². The fraction of sp³-hybridized carbons (Fsp3) is 0.429. The molecule has 0 bridgehead atoms. The highest BCUT2D eigenvalue weighted by Gasteiger charge is 1.89.